The normalized spacial score (nSPS) is 10.5. The van der Waals surface area contributed by atoms with E-state index in [2.05, 4.69) is 16.0 Å². The van der Waals surface area contributed by atoms with Crippen LogP contribution in [0.3, 0.4) is 0 Å². The average Bonchev–Trinajstić information content (AvgIpc) is 3.00. The van der Waals surface area contributed by atoms with Crippen molar-refractivity contribution in [1.29, 1.82) is 5.26 Å². The molecule has 2 aromatic carbocycles. The number of benzene rings is 2. The number of nitriles is 1. The van der Waals surface area contributed by atoms with Gasteiger partial charge < -0.3 is 14.6 Å². The molecule has 0 bridgehead atoms. The predicted octanol–water partition coefficient (Wildman–Crippen LogP) is 3.96. The average molecular weight is 347 g/mol. The van der Waals surface area contributed by atoms with Gasteiger partial charge in [-0.25, -0.2) is 0 Å². The molecule has 0 fully saturated rings. The first-order chi connectivity index (χ1) is 12.6. The maximum Gasteiger partial charge on any atom is 0.251 e. The summed E-state index contributed by atoms with van der Waals surface area (Å²) < 4.78 is 7.43. The van der Waals surface area contributed by atoms with Crippen LogP contribution in [0.5, 0.6) is 5.75 Å². The van der Waals surface area contributed by atoms with E-state index in [1.54, 1.807) is 13.2 Å². The fourth-order valence-electron chi connectivity index (χ4n) is 3.27. The summed E-state index contributed by atoms with van der Waals surface area (Å²) >= 11 is 0. The Labute approximate surface area is 152 Å². The van der Waals surface area contributed by atoms with E-state index in [4.69, 9.17) is 4.74 Å². The van der Waals surface area contributed by atoms with Gasteiger partial charge >= 0.3 is 0 Å². The molecule has 1 aromatic heterocycles. The van der Waals surface area contributed by atoms with Crippen molar-refractivity contribution in [3.63, 3.8) is 0 Å². The molecule has 1 amide bonds. The smallest absolute Gasteiger partial charge is 0.251 e. The number of carbonyl (C=O) groups is 1. The molecular formula is C21H21N3O2. The summed E-state index contributed by atoms with van der Waals surface area (Å²) in [6, 6.07) is 15.4. The van der Waals surface area contributed by atoms with Gasteiger partial charge in [0.1, 0.15) is 11.8 Å². The molecule has 1 heterocycles. The number of aromatic nitrogens is 1. The Morgan fingerprint density at radius 2 is 2.04 bits per heavy atom. The predicted molar refractivity (Wildman–Crippen MR) is 102 cm³/mol. The van der Waals surface area contributed by atoms with Crippen molar-refractivity contribution in [2.75, 3.05) is 13.7 Å². The number of methoxy groups -OCH3 is 1. The summed E-state index contributed by atoms with van der Waals surface area (Å²) in [5, 5.41) is 13.5. The summed E-state index contributed by atoms with van der Waals surface area (Å²) in [5.41, 5.74) is 3.81. The SMILES string of the molecule is CCNC(=O)c1cccc(-c2c(C#N)c3ccc(OC)cc3n2CC)c1. The van der Waals surface area contributed by atoms with Gasteiger partial charge in [-0.15, -0.1) is 0 Å². The Balaban J connectivity index is 2.26. The van der Waals surface area contributed by atoms with E-state index < -0.39 is 0 Å². The van der Waals surface area contributed by atoms with Crippen LogP contribution < -0.4 is 10.1 Å². The lowest BCUT2D eigenvalue weighted by Gasteiger charge is -2.10. The van der Waals surface area contributed by atoms with E-state index in [0.29, 0.717) is 24.2 Å². The highest BCUT2D eigenvalue weighted by Gasteiger charge is 2.19. The monoisotopic (exact) mass is 347 g/mol. The molecule has 3 rings (SSSR count). The first-order valence-corrected chi connectivity index (χ1v) is 8.63. The topological polar surface area (TPSA) is 67.1 Å². The number of hydrogen-bond acceptors (Lipinski definition) is 3. The van der Waals surface area contributed by atoms with Crippen LogP contribution in [-0.4, -0.2) is 24.1 Å². The first-order valence-electron chi connectivity index (χ1n) is 8.63. The molecule has 1 N–H and O–H groups in total. The van der Waals surface area contributed by atoms with Gasteiger partial charge in [-0.2, -0.15) is 5.26 Å². The molecular weight excluding hydrogens is 326 g/mol. The lowest BCUT2D eigenvalue weighted by atomic mass is 10.0. The van der Waals surface area contributed by atoms with Crippen molar-refractivity contribution in [2.45, 2.75) is 20.4 Å². The third-order valence-electron chi connectivity index (χ3n) is 4.44. The molecule has 0 atom stereocenters. The van der Waals surface area contributed by atoms with Gasteiger partial charge in [0.2, 0.25) is 0 Å². The van der Waals surface area contributed by atoms with Gasteiger partial charge in [0.05, 0.1) is 23.9 Å². The van der Waals surface area contributed by atoms with Crippen LogP contribution >= 0.6 is 0 Å². The van der Waals surface area contributed by atoms with Crippen LogP contribution in [0.15, 0.2) is 42.5 Å². The van der Waals surface area contributed by atoms with Gasteiger partial charge in [-0.05, 0) is 38.1 Å². The molecule has 5 nitrogen and oxygen atoms in total. The minimum atomic E-state index is -0.117. The fraction of sp³-hybridized carbons (Fsp3) is 0.238. The van der Waals surface area contributed by atoms with E-state index in [9.17, 15) is 10.1 Å². The van der Waals surface area contributed by atoms with Crippen molar-refractivity contribution < 1.29 is 9.53 Å². The van der Waals surface area contributed by atoms with Gasteiger partial charge in [0, 0.05) is 35.7 Å². The molecule has 0 aliphatic heterocycles. The molecule has 0 saturated carbocycles. The van der Waals surface area contributed by atoms with E-state index in [-0.39, 0.29) is 5.91 Å². The fourth-order valence-corrected chi connectivity index (χ4v) is 3.27. The van der Waals surface area contributed by atoms with Crippen LogP contribution in [0.2, 0.25) is 0 Å². The van der Waals surface area contributed by atoms with Crippen molar-refractivity contribution in [3.05, 3.63) is 53.6 Å². The Kier molecular flexibility index (Phi) is 4.94. The van der Waals surface area contributed by atoms with Crippen LogP contribution in [0.25, 0.3) is 22.2 Å². The number of nitrogens with one attached hydrogen (secondary N) is 1. The number of aryl methyl sites for hydroxylation is 1. The number of nitrogens with zero attached hydrogens (tertiary/aromatic N) is 2. The van der Waals surface area contributed by atoms with E-state index in [1.807, 2.05) is 50.2 Å². The first kappa shape index (κ1) is 17.6. The number of fused-ring (bicyclic) bond motifs is 1. The number of amides is 1. The number of rotatable bonds is 5. The Morgan fingerprint density at radius 1 is 1.23 bits per heavy atom. The molecule has 5 heteroatoms. The molecule has 132 valence electrons. The zero-order chi connectivity index (χ0) is 18.7. The maximum atomic E-state index is 12.2. The van der Waals surface area contributed by atoms with Crippen LogP contribution in [0.1, 0.15) is 29.8 Å². The highest BCUT2D eigenvalue weighted by molar-refractivity contribution is 5.98. The minimum absolute atomic E-state index is 0.117. The highest BCUT2D eigenvalue weighted by Crippen LogP contribution is 2.35. The third-order valence-corrected chi connectivity index (χ3v) is 4.44. The van der Waals surface area contributed by atoms with Crippen molar-refractivity contribution in [1.82, 2.24) is 9.88 Å². The number of ether oxygens (including phenoxy) is 1. The Bertz CT molecular complexity index is 1010. The van der Waals surface area contributed by atoms with Crippen molar-refractivity contribution in [3.8, 4) is 23.1 Å². The molecule has 0 radical (unpaired) electrons. The Hall–Kier alpha value is -3.26. The van der Waals surface area contributed by atoms with Gasteiger partial charge in [0.15, 0.2) is 0 Å². The third kappa shape index (κ3) is 2.91. The summed E-state index contributed by atoms with van der Waals surface area (Å²) in [7, 11) is 1.63. The van der Waals surface area contributed by atoms with E-state index in [1.165, 1.54) is 0 Å². The maximum absolute atomic E-state index is 12.2. The van der Waals surface area contributed by atoms with Crippen LogP contribution in [0, 0.1) is 11.3 Å². The van der Waals surface area contributed by atoms with E-state index in [0.717, 1.165) is 27.9 Å². The second-order valence-corrected chi connectivity index (χ2v) is 5.90. The minimum Gasteiger partial charge on any atom is -0.497 e. The molecule has 0 saturated heterocycles. The van der Waals surface area contributed by atoms with Crippen molar-refractivity contribution in [2.24, 2.45) is 0 Å². The summed E-state index contributed by atoms with van der Waals surface area (Å²) in [6.45, 7) is 5.20. The molecule has 0 spiro atoms. The second-order valence-electron chi connectivity index (χ2n) is 5.90. The molecule has 26 heavy (non-hydrogen) atoms. The van der Waals surface area contributed by atoms with Gasteiger partial charge in [-0.3, -0.25) is 4.79 Å². The summed E-state index contributed by atoms with van der Waals surface area (Å²) in [4.78, 5) is 12.2. The standard InChI is InChI=1S/C21H21N3O2/c1-4-23-21(25)15-8-6-7-14(11-15)20-18(13-22)17-10-9-16(26-3)12-19(17)24(20)5-2/h6-12H,4-5H2,1-3H3,(H,23,25). The Morgan fingerprint density at radius 3 is 2.69 bits per heavy atom. The summed E-state index contributed by atoms with van der Waals surface area (Å²) in [6.07, 6.45) is 0. The largest absolute Gasteiger partial charge is 0.497 e. The number of carbonyl (C=O) groups excluding carboxylic acids is 1. The lowest BCUT2D eigenvalue weighted by molar-refractivity contribution is 0.0956. The second kappa shape index (κ2) is 7.32. The molecule has 0 aliphatic rings. The quantitative estimate of drug-likeness (QED) is 0.760. The summed E-state index contributed by atoms with van der Waals surface area (Å²) in [5.74, 6) is 0.630. The lowest BCUT2D eigenvalue weighted by Crippen LogP contribution is -2.22. The number of hydrogen-bond donors (Lipinski definition) is 1. The zero-order valence-corrected chi connectivity index (χ0v) is 15.2. The van der Waals surface area contributed by atoms with E-state index >= 15 is 0 Å². The molecule has 0 aliphatic carbocycles. The van der Waals surface area contributed by atoms with Gasteiger partial charge in [0.25, 0.3) is 5.91 Å². The highest BCUT2D eigenvalue weighted by atomic mass is 16.5. The molecule has 3 aromatic rings. The zero-order valence-electron chi connectivity index (χ0n) is 15.2. The van der Waals surface area contributed by atoms with Crippen LogP contribution in [-0.2, 0) is 6.54 Å². The van der Waals surface area contributed by atoms with Crippen LogP contribution in [0.4, 0.5) is 0 Å². The van der Waals surface area contributed by atoms with Gasteiger partial charge in [-0.1, -0.05) is 12.1 Å². The molecule has 0 unspecified atom stereocenters. The van der Waals surface area contributed by atoms with Crippen molar-refractivity contribution >= 4 is 16.8 Å².